The number of carbonyl (C=O) groups is 1. The van der Waals surface area contributed by atoms with Gasteiger partial charge in [0, 0.05) is 30.9 Å². The van der Waals surface area contributed by atoms with Gasteiger partial charge in [-0.15, -0.1) is 0 Å². The molecule has 3 heterocycles. The highest BCUT2D eigenvalue weighted by Gasteiger charge is 2.27. The first kappa shape index (κ1) is 23.0. The summed E-state index contributed by atoms with van der Waals surface area (Å²) in [4.78, 5) is 23.8. The highest BCUT2D eigenvalue weighted by Crippen LogP contribution is 2.32. The van der Waals surface area contributed by atoms with Crippen LogP contribution in [0.3, 0.4) is 0 Å². The highest BCUT2D eigenvalue weighted by atomic mass is 32.2. The third kappa shape index (κ3) is 4.39. The number of anilines is 1. The maximum atomic E-state index is 13.4. The minimum Gasteiger partial charge on any atom is -0.356 e. The number of piperidine rings is 1. The smallest absolute Gasteiger partial charge is 0.269 e. The topological polar surface area (TPSA) is 97.2 Å². The molecule has 0 aliphatic carbocycles. The van der Waals surface area contributed by atoms with E-state index < -0.39 is 10.0 Å². The van der Waals surface area contributed by atoms with Crippen molar-refractivity contribution in [2.24, 2.45) is 0 Å². The van der Waals surface area contributed by atoms with Gasteiger partial charge in [-0.05, 0) is 49.1 Å². The summed E-state index contributed by atoms with van der Waals surface area (Å²) in [5, 5.41) is 3.89. The van der Waals surface area contributed by atoms with E-state index in [0.29, 0.717) is 30.7 Å². The van der Waals surface area contributed by atoms with Gasteiger partial charge in [-0.2, -0.15) is 0 Å². The summed E-state index contributed by atoms with van der Waals surface area (Å²) in [5.41, 5.74) is 1.92. The van der Waals surface area contributed by atoms with E-state index >= 15 is 0 Å². The van der Waals surface area contributed by atoms with Gasteiger partial charge < -0.3 is 10.2 Å². The van der Waals surface area contributed by atoms with Gasteiger partial charge >= 0.3 is 0 Å². The third-order valence-electron chi connectivity index (χ3n) is 6.46. The normalized spacial score (nSPS) is 14.8. The average molecular weight is 490 g/mol. The van der Waals surface area contributed by atoms with Gasteiger partial charge in [-0.25, -0.2) is 22.4 Å². The number of rotatable bonds is 6. The molecule has 0 unspecified atom stereocenters. The number of hydrogen-bond donors (Lipinski definition) is 1. The molecule has 0 atom stereocenters. The van der Waals surface area contributed by atoms with Crippen molar-refractivity contribution in [1.29, 1.82) is 0 Å². The number of nitrogens with one attached hydrogen (secondary N) is 1. The molecule has 1 N–H and O–H groups in total. The molecule has 0 saturated carbocycles. The van der Waals surface area contributed by atoms with Crippen LogP contribution in [0, 0.1) is 0 Å². The lowest BCUT2D eigenvalue weighted by molar-refractivity contribution is 0.0931. The van der Waals surface area contributed by atoms with E-state index in [0.717, 1.165) is 29.6 Å². The average Bonchev–Trinajstić information content (AvgIpc) is 3.30. The largest absolute Gasteiger partial charge is 0.356 e. The Hall–Kier alpha value is -3.72. The number of benzene rings is 2. The third-order valence-corrected chi connectivity index (χ3v) is 8.12. The fourth-order valence-corrected chi connectivity index (χ4v) is 5.94. The Morgan fingerprint density at radius 3 is 2.31 bits per heavy atom. The second-order valence-corrected chi connectivity index (χ2v) is 10.4. The second-order valence-electron chi connectivity index (χ2n) is 8.62. The number of amides is 1. The molecule has 4 aromatic rings. The predicted molar refractivity (Wildman–Crippen MR) is 135 cm³/mol. The van der Waals surface area contributed by atoms with Crippen LogP contribution in [0.4, 0.5) is 5.82 Å². The second kappa shape index (κ2) is 9.50. The first-order valence-electron chi connectivity index (χ1n) is 11.8. The van der Waals surface area contributed by atoms with Crippen molar-refractivity contribution in [3.8, 4) is 0 Å². The maximum absolute atomic E-state index is 13.4. The SMILES string of the molecule is CCc1cn(S(=O)(=O)c2ccccc2)c2ncnc(N3CCC(NC(=O)c4ccccc4)CC3)c12. The van der Waals surface area contributed by atoms with Gasteiger partial charge in [-0.3, -0.25) is 4.79 Å². The molecule has 2 aromatic heterocycles. The zero-order valence-corrected chi connectivity index (χ0v) is 20.3. The molecular formula is C26H27N5O3S. The van der Waals surface area contributed by atoms with Crippen LogP contribution in [0.25, 0.3) is 11.0 Å². The molecule has 1 saturated heterocycles. The van der Waals surface area contributed by atoms with Crippen LogP contribution in [0.5, 0.6) is 0 Å². The Balaban J connectivity index is 1.41. The van der Waals surface area contributed by atoms with E-state index in [9.17, 15) is 13.2 Å². The van der Waals surface area contributed by atoms with Crippen molar-refractivity contribution in [2.75, 3.05) is 18.0 Å². The van der Waals surface area contributed by atoms with E-state index in [1.807, 2.05) is 37.3 Å². The molecular weight excluding hydrogens is 462 g/mol. The number of aromatic nitrogens is 3. The van der Waals surface area contributed by atoms with Crippen LogP contribution in [0.15, 0.2) is 78.1 Å². The molecule has 0 radical (unpaired) electrons. The summed E-state index contributed by atoms with van der Waals surface area (Å²) in [6.45, 7) is 3.40. The maximum Gasteiger partial charge on any atom is 0.269 e. The lowest BCUT2D eigenvalue weighted by atomic mass is 10.0. The lowest BCUT2D eigenvalue weighted by Gasteiger charge is -2.33. The summed E-state index contributed by atoms with van der Waals surface area (Å²) < 4.78 is 28.0. The zero-order chi connectivity index (χ0) is 24.4. The molecule has 180 valence electrons. The summed E-state index contributed by atoms with van der Waals surface area (Å²) in [6, 6.07) is 17.7. The number of carbonyl (C=O) groups excluding carboxylic acids is 1. The zero-order valence-electron chi connectivity index (χ0n) is 19.5. The van der Waals surface area contributed by atoms with Gasteiger partial charge in [0.15, 0.2) is 5.65 Å². The molecule has 8 nitrogen and oxygen atoms in total. The molecule has 1 fully saturated rings. The fraction of sp³-hybridized carbons (Fsp3) is 0.269. The van der Waals surface area contributed by atoms with Gasteiger partial charge in [0.2, 0.25) is 0 Å². The van der Waals surface area contributed by atoms with Crippen molar-refractivity contribution in [2.45, 2.75) is 37.1 Å². The molecule has 1 amide bonds. The Kier molecular flexibility index (Phi) is 6.25. The Labute approximate surface area is 204 Å². The Morgan fingerprint density at radius 2 is 1.66 bits per heavy atom. The molecule has 0 spiro atoms. The van der Waals surface area contributed by atoms with Gasteiger partial charge in [-0.1, -0.05) is 43.3 Å². The number of nitrogens with zero attached hydrogens (tertiary/aromatic N) is 4. The highest BCUT2D eigenvalue weighted by molar-refractivity contribution is 7.90. The fourth-order valence-electron chi connectivity index (χ4n) is 4.58. The van der Waals surface area contributed by atoms with Crippen LogP contribution in [0.2, 0.25) is 0 Å². The minimum atomic E-state index is -3.79. The summed E-state index contributed by atoms with van der Waals surface area (Å²) in [6.07, 6.45) is 5.29. The van der Waals surface area contributed by atoms with E-state index in [-0.39, 0.29) is 16.8 Å². The number of hydrogen-bond acceptors (Lipinski definition) is 6. The van der Waals surface area contributed by atoms with Crippen molar-refractivity contribution in [3.05, 3.63) is 84.3 Å². The van der Waals surface area contributed by atoms with Crippen LogP contribution in [0.1, 0.15) is 35.7 Å². The first-order valence-corrected chi connectivity index (χ1v) is 13.2. The van der Waals surface area contributed by atoms with Gasteiger partial charge in [0.1, 0.15) is 12.1 Å². The molecule has 2 aromatic carbocycles. The lowest BCUT2D eigenvalue weighted by Crippen LogP contribution is -2.45. The van der Waals surface area contributed by atoms with Crippen LogP contribution < -0.4 is 10.2 Å². The van der Waals surface area contributed by atoms with Gasteiger partial charge in [0.05, 0.1) is 10.3 Å². The number of aryl methyl sites for hydroxylation is 1. The molecule has 5 rings (SSSR count). The van der Waals surface area contributed by atoms with Crippen molar-refractivity contribution >= 4 is 32.8 Å². The molecule has 35 heavy (non-hydrogen) atoms. The molecule has 1 aliphatic rings. The van der Waals surface area contributed by atoms with E-state index in [2.05, 4.69) is 20.2 Å². The standard InChI is InChI=1S/C26H27N5O3S/c1-2-19-17-31(35(33,34)22-11-7-4-8-12-22)25-23(19)24(27-18-28-25)30-15-13-21(14-16-30)29-26(32)20-9-5-3-6-10-20/h3-12,17-18,21H,2,13-16H2,1H3,(H,29,32). The molecule has 0 bridgehead atoms. The van der Waals surface area contributed by atoms with E-state index in [4.69, 9.17) is 0 Å². The van der Waals surface area contributed by atoms with Crippen molar-refractivity contribution < 1.29 is 13.2 Å². The molecule has 9 heteroatoms. The van der Waals surface area contributed by atoms with Gasteiger partial charge in [0.25, 0.3) is 15.9 Å². The van der Waals surface area contributed by atoms with Crippen LogP contribution in [-0.4, -0.2) is 47.4 Å². The van der Waals surface area contributed by atoms with Crippen molar-refractivity contribution in [3.63, 3.8) is 0 Å². The van der Waals surface area contributed by atoms with Crippen LogP contribution in [-0.2, 0) is 16.4 Å². The Morgan fingerprint density at radius 1 is 1.00 bits per heavy atom. The summed E-state index contributed by atoms with van der Waals surface area (Å²) >= 11 is 0. The molecule has 1 aliphatic heterocycles. The van der Waals surface area contributed by atoms with E-state index in [1.165, 1.54) is 10.3 Å². The van der Waals surface area contributed by atoms with Crippen LogP contribution >= 0.6 is 0 Å². The predicted octanol–water partition coefficient (Wildman–Crippen LogP) is 3.63. The minimum absolute atomic E-state index is 0.0649. The quantitative estimate of drug-likeness (QED) is 0.444. The monoisotopic (exact) mass is 489 g/mol. The number of fused-ring (bicyclic) bond motifs is 1. The van der Waals surface area contributed by atoms with E-state index in [1.54, 1.807) is 36.5 Å². The first-order chi connectivity index (χ1) is 17.0. The summed E-state index contributed by atoms with van der Waals surface area (Å²) in [5.74, 6) is 0.673. The Bertz CT molecular complexity index is 1440. The summed E-state index contributed by atoms with van der Waals surface area (Å²) in [7, 11) is -3.79. The van der Waals surface area contributed by atoms with Crippen molar-refractivity contribution in [1.82, 2.24) is 19.3 Å².